The number of nitrogens with two attached hydrogens (primary N) is 1. The highest BCUT2D eigenvalue weighted by Crippen LogP contribution is 2.47. The summed E-state index contributed by atoms with van der Waals surface area (Å²) in [5.74, 6) is 0.601. The zero-order valence-electron chi connectivity index (χ0n) is 10.9. The van der Waals surface area contributed by atoms with E-state index in [9.17, 15) is 4.79 Å². The molecule has 0 aromatic carbocycles. The number of carbonyl (C=O) groups is 1. The van der Waals surface area contributed by atoms with E-state index in [-0.39, 0.29) is 5.91 Å². The highest BCUT2D eigenvalue weighted by atomic mass is 32.1. The minimum atomic E-state index is -0.585. The fourth-order valence-electron chi connectivity index (χ4n) is 2.52. The van der Waals surface area contributed by atoms with Crippen molar-refractivity contribution in [3.05, 3.63) is 0 Å². The van der Waals surface area contributed by atoms with Crippen molar-refractivity contribution in [2.24, 2.45) is 17.1 Å². The van der Waals surface area contributed by atoms with Gasteiger partial charge in [0.1, 0.15) is 0 Å². The van der Waals surface area contributed by atoms with Crippen LogP contribution in [-0.2, 0) is 9.53 Å². The van der Waals surface area contributed by atoms with Crippen LogP contribution in [-0.4, -0.2) is 42.6 Å². The Morgan fingerprint density at radius 3 is 2.53 bits per heavy atom. The maximum Gasteiger partial charge on any atom is 0.235 e. The average Bonchev–Trinajstić information content (AvgIpc) is 2.24. The van der Waals surface area contributed by atoms with Crippen LogP contribution in [0.4, 0.5) is 0 Å². The molecule has 1 aliphatic carbocycles. The Hall–Kier alpha value is -0.680. The third-order valence-electron chi connectivity index (χ3n) is 3.51. The molecule has 2 N–H and O–H groups in total. The fourth-order valence-corrected chi connectivity index (χ4v) is 2.77. The van der Waals surface area contributed by atoms with Gasteiger partial charge in [0.05, 0.1) is 17.0 Å². The Balaban J connectivity index is 2.74. The fraction of sp³-hybridized carbons (Fsp3) is 0.833. The molecular weight excluding hydrogens is 236 g/mol. The lowest BCUT2D eigenvalue weighted by Crippen LogP contribution is -2.57. The molecule has 0 radical (unpaired) electrons. The van der Waals surface area contributed by atoms with Gasteiger partial charge in [0.25, 0.3) is 0 Å². The lowest BCUT2D eigenvalue weighted by atomic mass is 9.61. The van der Waals surface area contributed by atoms with Crippen molar-refractivity contribution >= 4 is 23.1 Å². The average molecular weight is 258 g/mol. The van der Waals surface area contributed by atoms with Gasteiger partial charge >= 0.3 is 0 Å². The van der Waals surface area contributed by atoms with Gasteiger partial charge in [0.15, 0.2) is 0 Å². The standard InChI is InChI=1S/C12H22N2O2S/c1-4-14(5-6-16-3)11(15)12(10(13)17)7-9(2)8-12/h9H,4-8H2,1-3H3,(H2,13,17). The quantitative estimate of drug-likeness (QED) is 0.727. The summed E-state index contributed by atoms with van der Waals surface area (Å²) >= 11 is 5.09. The van der Waals surface area contributed by atoms with Crippen molar-refractivity contribution in [1.82, 2.24) is 4.90 Å². The van der Waals surface area contributed by atoms with E-state index < -0.39 is 5.41 Å². The highest BCUT2D eigenvalue weighted by molar-refractivity contribution is 7.80. The molecule has 0 spiro atoms. The molecule has 1 amide bonds. The molecule has 98 valence electrons. The first-order valence-corrected chi connectivity index (χ1v) is 6.47. The summed E-state index contributed by atoms with van der Waals surface area (Å²) in [7, 11) is 1.63. The normalized spacial score (nSPS) is 27.4. The number of ether oxygens (including phenoxy) is 1. The maximum absolute atomic E-state index is 12.5. The summed E-state index contributed by atoms with van der Waals surface area (Å²) in [6.07, 6.45) is 1.56. The second-order valence-electron chi connectivity index (χ2n) is 4.84. The Kier molecular flexibility index (Phi) is 4.89. The molecular formula is C12H22N2O2S. The van der Waals surface area contributed by atoms with Gasteiger partial charge in [0.2, 0.25) is 5.91 Å². The predicted molar refractivity (Wildman–Crippen MR) is 71.7 cm³/mol. The first kappa shape index (κ1) is 14.4. The second-order valence-corrected chi connectivity index (χ2v) is 5.28. The number of carbonyl (C=O) groups excluding carboxylic acids is 1. The molecule has 0 atom stereocenters. The summed E-state index contributed by atoms with van der Waals surface area (Å²) in [5, 5.41) is 0. The second kappa shape index (κ2) is 5.78. The van der Waals surface area contributed by atoms with Crippen LogP contribution in [0, 0.1) is 11.3 Å². The van der Waals surface area contributed by atoms with Crippen molar-refractivity contribution in [3.8, 4) is 0 Å². The summed E-state index contributed by atoms with van der Waals surface area (Å²) < 4.78 is 5.01. The summed E-state index contributed by atoms with van der Waals surface area (Å²) in [6.45, 7) is 5.90. The van der Waals surface area contributed by atoms with Crippen LogP contribution in [0.1, 0.15) is 26.7 Å². The highest BCUT2D eigenvalue weighted by Gasteiger charge is 2.52. The van der Waals surface area contributed by atoms with Gasteiger partial charge in [-0.25, -0.2) is 0 Å². The topological polar surface area (TPSA) is 55.6 Å². The van der Waals surface area contributed by atoms with Crippen molar-refractivity contribution in [2.75, 3.05) is 26.8 Å². The predicted octanol–water partition coefficient (Wildman–Crippen LogP) is 1.18. The lowest BCUT2D eigenvalue weighted by molar-refractivity contribution is -0.144. The SMILES string of the molecule is CCN(CCOC)C(=O)C1(C(N)=S)CC(C)C1. The number of amides is 1. The van der Waals surface area contributed by atoms with Gasteiger partial charge in [-0.1, -0.05) is 19.1 Å². The minimum absolute atomic E-state index is 0.0719. The molecule has 0 saturated heterocycles. The molecule has 1 fully saturated rings. The van der Waals surface area contributed by atoms with Gasteiger partial charge < -0.3 is 15.4 Å². The number of thiocarbonyl (C=S) groups is 1. The van der Waals surface area contributed by atoms with Crippen molar-refractivity contribution < 1.29 is 9.53 Å². The Morgan fingerprint density at radius 2 is 2.18 bits per heavy atom. The van der Waals surface area contributed by atoms with E-state index in [1.807, 2.05) is 6.92 Å². The summed E-state index contributed by atoms with van der Waals surface area (Å²) in [5.41, 5.74) is 5.18. The molecule has 0 aromatic heterocycles. The van der Waals surface area contributed by atoms with E-state index in [2.05, 4.69) is 6.92 Å². The zero-order chi connectivity index (χ0) is 13.1. The molecule has 0 bridgehead atoms. The maximum atomic E-state index is 12.5. The van der Waals surface area contributed by atoms with E-state index in [1.54, 1.807) is 12.0 Å². The van der Waals surface area contributed by atoms with E-state index >= 15 is 0 Å². The van der Waals surface area contributed by atoms with Gasteiger partial charge in [-0.3, -0.25) is 4.79 Å². The number of rotatable bonds is 6. The zero-order valence-corrected chi connectivity index (χ0v) is 11.7. The smallest absolute Gasteiger partial charge is 0.235 e. The largest absolute Gasteiger partial charge is 0.392 e. The third-order valence-corrected chi connectivity index (χ3v) is 3.90. The Morgan fingerprint density at radius 1 is 1.59 bits per heavy atom. The molecule has 4 nitrogen and oxygen atoms in total. The van der Waals surface area contributed by atoms with Crippen LogP contribution in [0.3, 0.4) is 0 Å². The Bertz CT molecular complexity index is 301. The van der Waals surface area contributed by atoms with Gasteiger partial charge in [0, 0.05) is 20.2 Å². The minimum Gasteiger partial charge on any atom is -0.392 e. The first-order valence-electron chi connectivity index (χ1n) is 6.06. The van der Waals surface area contributed by atoms with Crippen molar-refractivity contribution in [1.29, 1.82) is 0 Å². The summed E-state index contributed by atoms with van der Waals surface area (Å²) in [4.78, 5) is 14.6. The Labute approximate surface area is 108 Å². The number of nitrogens with zero attached hydrogens (tertiary/aromatic N) is 1. The number of hydrogen-bond donors (Lipinski definition) is 1. The molecule has 1 rings (SSSR count). The molecule has 17 heavy (non-hydrogen) atoms. The molecule has 0 unspecified atom stereocenters. The summed E-state index contributed by atoms with van der Waals surface area (Å²) in [6, 6.07) is 0. The first-order chi connectivity index (χ1) is 7.97. The van der Waals surface area contributed by atoms with E-state index in [1.165, 1.54) is 0 Å². The third kappa shape index (κ3) is 2.77. The molecule has 1 aliphatic rings. The number of hydrogen-bond acceptors (Lipinski definition) is 3. The van der Waals surface area contributed by atoms with Gasteiger partial charge in [-0.05, 0) is 25.7 Å². The number of methoxy groups -OCH3 is 1. The van der Waals surface area contributed by atoms with Crippen molar-refractivity contribution in [3.63, 3.8) is 0 Å². The van der Waals surface area contributed by atoms with Crippen molar-refractivity contribution in [2.45, 2.75) is 26.7 Å². The molecule has 0 heterocycles. The number of likely N-dealkylation sites (N-methyl/N-ethyl adjacent to an activating group) is 1. The van der Waals surface area contributed by atoms with Crippen LogP contribution in [0.2, 0.25) is 0 Å². The molecule has 1 saturated carbocycles. The van der Waals surface area contributed by atoms with Crippen LogP contribution in [0.5, 0.6) is 0 Å². The van der Waals surface area contributed by atoms with E-state index in [0.29, 0.717) is 30.6 Å². The van der Waals surface area contributed by atoms with Crippen LogP contribution >= 0.6 is 12.2 Å². The molecule has 0 aromatic rings. The monoisotopic (exact) mass is 258 g/mol. The van der Waals surface area contributed by atoms with Gasteiger partial charge in [-0.2, -0.15) is 0 Å². The van der Waals surface area contributed by atoms with E-state index in [4.69, 9.17) is 22.7 Å². The van der Waals surface area contributed by atoms with Gasteiger partial charge in [-0.15, -0.1) is 0 Å². The molecule has 5 heteroatoms. The molecule has 0 aliphatic heterocycles. The lowest BCUT2D eigenvalue weighted by Gasteiger charge is -2.46. The van der Waals surface area contributed by atoms with Crippen LogP contribution in [0.25, 0.3) is 0 Å². The van der Waals surface area contributed by atoms with Crippen LogP contribution < -0.4 is 5.73 Å². The van der Waals surface area contributed by atoms with E-state index in [0.717, 1.165) is 12.8 Å². The van der Waals surface area contributed by atoms with Crippen LogP contribution in [0.15, 0.2) is 0 Å².